The Morgan fingerprint density at radius 2 is 1.93 bits per heavy atom. The summed E-state index contributed by atoms with van der Waals surface area (Å²) in [4.78, 5) is 12.7. The number of rotatable bonds is 6. The van der Waals surface area contributed by atoms with Crippen molar-refractivity contribution < 1.29 is 18.0 Å². The molecule has 0 saturated carbocycles. The van der Waals surface area contributed by atoms with Crippen molar-refractivity contribution in [3.8, 4) is 0 Å². The van der Waals surface area contributed by atoms with Crippen LogP contribution in [-0.2, 0) is 25.1 Å². The van der Waals surface area contributed by atoms with Crippen LogP contribution >= 0.6 is 0 Å². The van der Waals surface area contributed by atoms with Gasteiger partial charge in [-0.25, -0.2) is 0 Å². The van der Waals surface area contributed by atoms with E-state index in [1.807, 2.05) is 6.07 Å². The molecule has 2 rings (SSSR count). The van der Waals surface area contributed by atoms with Crippen LogP contribution in [0.25, 0.3) is 6.08 Å². The zero-order valence-corrected chi connectivity index (χ0v) is 17.6. The summed E-state index contributed by atoms with van der Waals surface area (Å²) in [5.41, 5.74) is 1.57. The summed E-state index contributed by atoms with van der Waals surface area (Å²) in [5.74, 6) is -0.849. The van der Waals surface area contributed by atoms with Crippen LogP contribution in [0.1, 0.15) is 73.3 Å². The molecule has 1 aromatic heterocycles. The molecule has 158 valence electrons. The highest BCUT2D eigenvalue weighted by Gasteiger charge is 2.39. The van der Waals surface area contributed by atoms with Crippen LogP contribution in [0, 0.1) is 0 Å². The predicted octanol–water partition coefficient (Wildman–Crippen LogP) is 5.97. The van der Waals surface area contributed by atoms with Crippen LogP contribution < -0.4 is 5.32 Å². The molecule has 1 aromatic carbocycles. The van der Waals surface area contributed by atoms with E-state index in [-0.39, 0.29) is 5.41 Å². The molecule has 2 aromatic rings. The fraction of sp³-hybridized carbons (Fsp3) is 0.455. The normalized spacial score (nSPS) is 12.1. The summed E-state index contributed by atoms with van der Waals surface area (Å²) >= 11 is 0. The fourth-order valence-corrected chi connectivity index (χ4v) is 3.39. The van der Waals surface area contributed by atoms with Gasteiger partial charge in [0.25, 0.3) is 5.91 Å². The summed E-state index contributed by atoms with van der Waals surface area (Å²) < 4.78 is 40.7. The lowest BCUT2D eigenvalue weighted by molar-refractivity contribution is -0.141. The number of benzene rings is 1. The van der Waals surface area contributed by atoms with Gasteiger partial charge < -0.3 is 5.32 Å². The number of aryl methyl sites for hydroxylation is 1. The topological polar surface area (TPSA) is 46.9 Å². The van der Waals surface area contributed by atoms with Crippen molar-refractivity contribution in [2.75, 3.05) is 5.32 Å². The number of hydrogen-bond acceptors (Lipinski definition) is 2. The quantitative estimate of drug-likeness (QED) is 0.641. The first-order chi connectivity index (χ1) is 13.4. The third-order valence-corrected chi connectivity index (χ3v) is 4.74. The molecular formula is C22H28F3N3O. The van der Waals surface area contributed by atoms with Crippen molar-refractivity contribution in [3.63, 3.8) is 0 Å². The molecule has 29 heavy (non-hydrogen) atoms. The van der Waals surface area contributed by atoms with E-state index >= 15 is 0 Å². The van der Waals surface area contributed by atoms with Crippen LogP contribution in [0.3, 0.4) is 0 Å². The van der Waals surface area contributed by atoms with E-state index in [0.717, 1.165) is 46.8 Å². The Labute approximate surface area is 169 Å². The number of carbonyl (C=O) groups is 1. The van der Waals surface area contributed by atoms with E-state index in [4.69, 9.17) is 0 Å². The molecule has 0 bridgehead atoms. The highest BCUT2D eigenvalue weighted by atomic mass is 19.4. The van der Waals surface area contributed by atoms with Crippen LogP contribution in [0.15, 0.2) is 24.9 Å². The Kier molecular flexibility index (Phi) is 6.60. The van der Waals surface area contributed by atoms with Gasteiger partial charge in [-0.2, -0.15) is 18.3 Å². The standard InChI is InChI=1S/C22H28F3N3O/c1-7-9-10-15-14(8-2)18(12-11-17(15)21(3,4)5)26-20(29)16-13-28(6)27-19(16)22(23,24)25/h8,11-13H,2,7,9-10H2,1,3-6H3,(H,26,29). The molecule has 0 aliphatic heterocycles. The number of nitrogens with one attached hydrogen (secondary N) is 1. The van der Waals surface area contributed by atoms with E-state index in [1.54, 1.807) is 12.1 Å². The molecule has 4 nitrogen and oxygen atoms in total. The van der Waals surface area contributed by atoms with Gasteiger partial charge in [-0.15, -0.1) is 0 Å². The van der Waals surface area contributed by atoms with E-state index < -0.39 is 23.3 Å². The van der Waals surface area contributed by atoms with Gasteiger partial charge in [-0.3, -0.25) is 9.48 Å². The van der Waals surface area contributed by atoms with Crippen molar-refractivity contribution in [1.29, 1.82) is 0 Å². The largest absolute Gasteiger partial charge is 0.435 e. The minimum absolute atomic E-state index is 0.115. The molecule has 0 atom stereocenters. The molecular weight excluding hydrogens is 379 g/mol. The van der Waals surface area contributed by atoms with E-state index in [2.05, 4.69) is 44.7 Å². The highest BCUT2D eigenvalue weighted by Crippen LogP contribution is 2.35. The average molecular weight is 407 g/mol. The number of unbranched alkanes of at least 4 members (excludes halogenated alkanes) is 1. The van der Waals surface area contributed by atoms with E-state index in [9.17, 15) is 18.0 Å². The summed E-state index contributed by atoms with van der Waals surface area (Å²) in [6, 6.07) is 3.66. The minimum atomic E-state index is -4.71. The second kappa shape index (κ2) is 8.43. The Bertz CT molecular complexity index is 905. The van der Waals surface area contributed by atoms with Crippen LogP contribution in [0.5, 0.6) is 0 Å². The number of anilines is 1. The fourth-order valence-electron chi connectivity index (χ4n) is 3.39. The average Bonchev–Trinajstić information content (AvgIpc) is 3.01. The van der Waals surface area contributed by atoms with Gasteiger partial charge in [0.1, 0.15) is 0 Å². The molecule has 0 aliphatic rings. The third kappa shape index (κ3) is 5.08. The maximum Gasteiger partial charge on any atom is 0.435 e. The highest BCUT2D eigenvalue weighted by molar-refractivity contribution is 6.06. The third-order valence-electron chi connectivity index (χ3n) is 4.74. The van der Waals surface area contributed by atoms with Gasteiger partial charge in [-0.1, -0.05) is 52.8 Å². The molecule has 1 heterocycles. The molecule has 1 amide bonds. The van der Waals surface area contributed by atoms with Crippen LogP contribution in [-0.4, -0.2) is 15.7 Å². The van der Waals surface area contributed by atoms with Gasteiger partial charge in [-0.05, 0) is 35.4 Å². The molecule has 0 saturated heterocycles. The Hall–Kier alpha value is -2.57. The van der Waals surface area contributed by atoms with E-state index in [1.165, 1.54) is 7.05 Å². The lowest BCUT2D eigenvalue weighted by Gasteiger charge is -2.26. The first kappa shape index (κ1) is 22.7. The Morgan fingerprint density at radius 1 is 1.28 bits per heavy atom. The van der Waals surface area contributed by atoms with Gasteiger partial charge in [0.15, 0.2) is 5.69 Å². The molecule has 0 aliphatic carbocycles. The van der Waals surface area contributed by atoms with Crippen LogP contribution in [0.2, 0.25) is 0 Å². The molecule has 0 unspecified atom stereocenters. The molecule has 0 spiro atoms. The van der Waals surface area contributed by atoms with Crippen molar-refractivity contribution in [1.82, 2.24) is 9.78 Å². The second-order valence-corrected chi connectivity index (χ2v) is 8.13. The predicted molar refractivity (Wildman–Crippen MR) is 110 cm³/mol. The first-order valence-electron chi connectivity index (χ1n) is 9.61. The van der Waals surface area contributed by atoms with Crippen molar-refractivity contribution in [2.45, 2.75) is 58.5 Å². The first-order valence-corrected chi connectivity index (χ1v) is 9.61. The smallest absolute Gasteiger partial charge is 0.321 e. The second-order valence-electron chi connectivity index (χ2n) is 8.13. The number of halogens is 3. The summed E-state index contributed by atoms with van der Waals surface area (Å²) in [5, 5.41) is 6.04. The van der Waals surface area contributed by atoms with Gasteiger partial charge >= 0.3 is 6.18 Å². The Balaban J connectivity index is 2.51. The zero-order valence-electron chi connectivity index (χ0n) is 17.6. The number of amides is 1. The lowest BCUT2D eigenvalue weighted by Crippen LogP contribution is -2.20. The molecule has 0 fully saturated rings. The minimum Gasteiger partial charge on any atom is -0.321 e. The summed E-state index contributed by atoms with van der Waals surface area (Å²) in [6.45, 7) is 12.3. The summed E-state index contributed by atoms with van der Waals surface area (Å²) in [6.07, 6.45) is 0.785. The lowest BCUT2D eigenvalue weighted by atomic mass is 9.80. The number of hydrogen-bond donors (Lipinski definition) is 1. The molecule has 7 heteroatoms. The van der Waals surface area contributed by atoms with Gasteiger partial charge in [0.2, 0.25) is 0 Å². The maximum absolute atomic E-state index is 13.2. The van der Waals surface area contributed by atoms with Crippen molar-refractivity contribution >= 4 is 17.7 Å². The Morgan fingerprint density at radius 3 is 2.45 bits per heavy atom. The van der Waals surface area contributed by atoms with Crippen molar-refractivity contribution in [3.05, 3.63) is 52.9 Å². The van der Waals surface area contributed by atoms with Crippen molar-refractivity contribution in [2.24, 2.45) is 7.05 Å². The number of aromatic nitrogens is 2. The molecule has 0 radical (unpaired) electrons. The van der Waals surface area contributed by atoms with Gasteiger partial charge in [0, 0.05) is 24.5 Å². The maximum atomic E-state index is 13.2. The van der Waals surface area contributed by atoms with E-state index in [0.29, 0.717) is 5.69 Å². The number of alkyl halides is 3. The summed E-state index contributed by atoms with van der Waals surface area (Å²) in [7, 11) is 1.35. The monoisotopic (exact) mass is 407 g/mol. The number of nitrogens with zero attached hydrogens (tertiary/aromatic N) is 2. The van der Waals surface area contributed by atoms with Crippen LogP contribution in [0.4, 0.5) is 18.9 Å². The SMILES string of the molecule is C=Cc1c(NC(=O)c2cn(C)nc2C(F)(F)F)ccc(C(C)(C)C)c1CCCC. The number of carbonyl (C=O) groups excluding carboxylic acids is 1. The van der Waals surface area contributed by atoms with Gasteiger partial charge in [0.05, 0.1) is 5.56 Å². The molecule has 1 N–H and O–H groups in total. The zero-order chi connectivity index (χ0) is 22.0.